The van der Waals surface area contributed by atoms with E-state index in [1.54, 1.807) is 19.2 Å². The topological polar surface area (TPSA) is 12.5 Å². The summed E-state index contributed by atoms with van der Waals surface area (Å²) in [6.45, 7) is 3.46. The average Bonchev–Trinajstić information content (AvgIpc) is 2.67. The highest BCUT2D eigenvalue weighted by Crippen LogP contribution is 2.23. The highest BCUT2D eigenvalue weighted by molar-refractivity contribution is 5.85. The van der Waals surface area contributed by atoms with Crippen LogP contribution in [-0.4, -0.2) is 31.6 Å². The van der Waals surface area contributed by atoms with Crippen molar-refractivity contribution < 1.29 is 9.13 Å². The molecule has 2 aromatic rings. The maximum Gasteiger partial charge on any atom is 0.123 e. The predicted octanol–water partition coefficient (Wildman–Crippen LogP) is 5.14. The van der Waals surface area contributed by atoms with Crippen molar-refractivity contribution in [3.63, 3.8) is 0 Å². The molecule has 0 saturated carbocycles. The number of aryl methyl sites for hydroxylation is 1. The Morgan fingerprint density at radius 3 is 2.12 bits per heavy atom. The molecular formula is C22H29ClFNO. The third-order valence-electron chi connectivity index (χ3n) is 5.34. The van der Waals surface area contributed by atoms with Crippen molar-refractivity contribution in [3.8, 4) is 5.75 Å². The van der Waals surface area contributed by atoms with Gasteiger partial charge in [-0.1, -0.05) is 24.3 Å². The normalized spacial score (nSPS) is 15.5. The Morgan fingerprint density at radius 2 is 1.50 bits per heavy atom. The van der Waals surface area contributed by atoms with Gasteiger partial charge in [0.15, 0.2) is 0 Å². The minimum Gasteiger partial charge on any atom is -0.497 e. The monoisotopic (exact) mass is 377 g/mol. The van der Waals surface area contributed by atoms with E-state index in [-0.39, 0.29) is 18.2 Å². The molecule has 2 aromatic carbocycles. The number of piperidine rings is 1. The van der Waals surface area contributed by atoms with Gasteiger partial charge in [-0.05, 0) is 86.5 Å². The van der Waals surface area contributed by atoms with Crippen molar-refractivity contribution in [1.82, 2.24) is 4.90 Å². The summed E-state index contributed by atoms with van der Waals surface area (Å²) in [5.74, 6) is 1.61. The fourth-order valence-corrected chi connectivity index (χ4v) is 3.60. The van der Waals surface area contributed by atoms with Gasteiger partial charge in [0.2, 0.25) is 0 Å². The molecule has 0 aliphatic carbocycles. The molecule has 1 aliphatic rings. The summed E-state index contributed by atoms with van der Waals surface area (Å²) >= 11 is 0. The molecular weight excluding hydrogens is 349 g/mol. The number of rotatable bonds is 7. The lowest BCUT2D eigenvalue weighted by Gasteiger charge is -2.32. The maximum absolute atomic E-state index is 12.9. The van der Waals surface area contributed by atoms with Crippen LogP contribution in [0.4, 0.5) is 4.39 Å². The maximum atomic E-state index is 12.9. The summed E-state index contributed by atoms with van der Waals surface area (Å²) in [4.78, 5) is 2.55. The van der Waals surface area contributed by atoms with Crippen LogP contribution in [0.2, 0.25) is 0 Å². The molecule has 1 fully saturated rings. The highest BCUT2D eigenvalue weighted by atomic mass is 35.5. The predicted molar refractivity (Wildman–Crippen MR) is 108 cm³/mol. The molecule has 0 radical (unpaired) electrons. The Kier molecular flexibility index (Phi) is 8.40. The molecule has 2 nitrogen and oxygen atoms in total. The molecule has 0 unspecified atom stereocenters. The van der Waals surface area contributed by atoms with E-state index in [2.05, 4.69) is 17.0 Å². The summed E-state index contributed by atoms with van der Waals surface area (Å²) < 4.78 is 18.2. The summed E-state index contributed by atoms with van der Waals surface area (Å²) in [6, 6.07) is 15.4. The van der Waals surface area contributed by atoms with E-state index in [1.165, 1.54) is 43.5 Å². The number of halogens is 2. The quantitative estimate of drug-likeness (QED) is 0.662. The van der Waals surface area contributed by atoms with Crippen molar-refractivity contribution >= 4 is 12.4 Å². The van der Waals surface area contributed by atoms with Gasteiger partial charge in [0.05, 0.1) is 7.11 Å². The largest absolute Gasteiger partial charge is 0.497 e. The highest BCUT2D eigenvalue weighted by Gasteiger charge is 2.18. The first kappa shape index (κ1) is 20.7. The van der Waals surface area contributed by atoms with Gasteiger partial charge < -0.3 is 9.64 Å². The Morgan fingerprint density at radius 1 is 0.923 bits per heavy atom. The first-order valence-corrected chi connectivity index (χ1v) is 9.32. The minimum absolute atomic E-state index is 0. The number of hydrogen-bond donors (Lipinski definition) is 0. The standard InChI is InChI=1S/C22H28FNO.ClH/c1-25-22-10-6-18(7-11-22)2-3-20-13-16-24(17-14-20)15-12-19-4-8-21(23)9-5-19;/h4-11,20H,2-3,12-17H2,1H3;1H. The van der Waals surface area contributed by atoms with Gasteiger partial charge in [-0.3, -0.25) is 0 Å². The van der Waals surface area contributed by atoms with E-state index >= 15 is 0 Å². The lowest BCUT2D eigenvalue weighted by Crippen LogP contribution is -2.35. The number of likely N-dealkylation sites (tertiary alicyclic amines) is 1. The van der Waals surface area contributed by atoms with Crippen molar-refractivity contribution in [3.05, 3.63) is 65.5 Å². The van der Waals surface area contributed by atoms with Crippen LogP contribution in [-0.2, 0) is 12.8 Å². The first-order chi connectivity index (χ1) is 12.2. The number of methoxy groups -OCH3 is 1. The summed E-state index contributed by atoms with van der Waals surface area (Å²) in [5.41, 5.74) is 2.63. The third-order valence-corrected chi connectivity index (χ3v) is 5.34. The van der Waals surface area contributed by atoms with Crippen molar-refractivity contribution in [2.75, 3.05) is 26.7 Å². The van der Waals surface area contributed by atoms with Crippen LogP contribution in [0.5, 0.6) is 5.75 Å². The van der Waals surface area contributed by atoms with Crippen molar-refractivity contribution in [2.24, 2.45) is 5.92 Å². The molecule has 0 bridgehead atoms. The average molecular weight is 378 g/mol. The molecule has 0 spiro atoms. The fraction of sp³-hybridized carbons (Fsp3) is 0.455. The lowest BCUT2D eigenvalue weighted by molar-refractivity contribution is 0.181. The second-order valence-corrected chi connectivity index (χ2v) is 7.05. The molecule has 1 heterocycles. The van der Waals surface area contributed by atoms with E-state index < -0.39 is 0 Å². The second kappa shape index (κ2) is 10.5. The van der Waals surface area contributed by atoms with Gasteiger partial charge in [0.1, 0.15) is 11.6 Å². The number of ether oxygens (including phenoxy) is 1. The van der Waals surface area contributed by atoms with E-state index in [1.807, 2.05) is 24.3 Å². The van der Waals surface area contributed by atoms with Gasteiger partial charge in [0, 0.05) is 6.54 Å². The van der Waals surface area contributed by atoms with Gasteiger partial charge >= 0.3 is 0 Å². The summed E-state index contributed by atoms with van der Waals surface area (Å²) in [5, 5.41) is 0. The Balaban J connectivity index is 0.00000243. The zero-order valence-electron chi connectivity index (χ0n) is 15.5. The molecule has 1 saturated heterocycles. The molecule has 0 N–H and O–H groups in total. The number of nitrogens with zero attached hydrogens (tertiary/aromatic N) is 1. The molecule has 3 rings (SSSR count). The molecule has 142 valence electrons. The minimum atomic E-state index is -0.151. The van der Waals surface area contributed by atoms with E-state index in [0.717, 1.165) is 31.1 Å². The van der Waals surface area contributed by atoms with Crippen LogP contribution in [0.3, 0.4) is 0 Å². The Hall–Kier alpha value is -1.58. The fourth-order valence-electron chi connectivity index (χ4n) is 3.60. The zero-order valence-corrected chi connectivity index (χ0v) is 16.3. The van der Waals surface area contributed by atoms with Gasteiger partial charge in [-0.25, -0.2) is 4.39 Å². The number of benzene rings is 2. The van der Waals surface area contributed by atoms with Gasteiger partial charge in [-0.2, -0.15) is 0 Å². The van der Waals surface area contributed by atoms with Crippen LogP contribution in [0, 0.1) is 11.7 Å². The second-order valence-electron chi connectivity index (χ2n) is 7.05. The van der Waals surface area contributed by atoms with Crippen LogP contribution in [0.25, 0.3) is 0 Å². The summed E-state index contributed by atoms with van der Waals surface area (Å²) in [7, 11) is 1.71. The molecule has 0 atom stereocenters. The third kappa shape index (κ3) is 6.30. The van der Waals surface area contributed by atoms with Crippen LogP contribution in [0.15, 0.2) is 48.5 Å². The molecule has 0 amide bonds. The SMILES string of the molecule is COc1ccc(CCC2CCN(CCc3ccc(F)cc3)CC2)cc1.Cl. The van der Waals surface area contributed by atoms with Crippen LogP contribution < -0.4 is 4.74 Å². The van der Waals surface area contributed by atoms with E-state index in [4.69, 9.17) is 4.74 Å². The molecule has 0 aromatic heterocycles. The summed E-state index contributed by atoms with van der Waals surface area (Å²) in [6.07, 6.45) is 6.03. The smallest absolute Gasteiger partial charge is 0.123 e. The number of hydrogen-bond acceptors (Lipinski definition) is 2. The van der Waals surface area contributed by atoms with Crippen LogP contribution in [0.1, 0.15) is 30.4 Å². The van der Waals surface area contributed by atoms with E-state index in [0.29, 0.717) is 0 Å². The van der Waals surface area contributed by atoms with Crippen LogP contribution >= 0.6 is 12.4 Å². The molecule has 4 heteroatoms. The van der Waals surface area contributed by atoms with E-state index in [9.17, 15) is 4.39 Å². The van der Waals surface area contributed by atoms with Gasteiger partial charge in [0.25, 0.3) is 0 Å². The van der Waals surface area contributed by atoms with Crippen molar-refractivity contribution in [1.29, 1.82) is 0 Å². The Labute approximate surface area is 162 Å². The zero-order chi connectivity index (χ0) is 17.5. The Bertz CT molecular complexity index is 636. The van der Waals surface area contributed by atoms with Crippen molar-refractivity contribution in [2.45, 2.75) is 32.1 Å². The van der Waals surface area contributed by atoms with Gasteiger partial charge in [-0.15, -0.1) is 12.4 Å². The molecule has 26 heavy (non-hydrogen) atoms. The molecule has 1 aliphatic heterocycles. The lowest BCUT2D eigenvalue weighted by atomic mass is 9.90. The first-order valence-electron chi connectivity index (χ1n) is 9.32.